The van der Waals surface area contributed by atoms with Crippen molar-refractivity contribution in [3.05, 3.63) is 39.8 Å². The minimum absolute atomic E-state index is 0.0270. The van der Waals surface area contributed by atoms with E-state index in [9.17, 15) is 14.9 Å². The molecule has 1 aromatic heterocycles. The van der Waals surface area contributed by atoms with Gasteiger partial charge in [0.1, 0.15) is 5.69 Å². The van der Waals surface area contributed by atoms with Crippen molar-refractivity contribution < 1.29 is 14.1 Å². The first-order chi connectivity index (χ1) is 10.0. The van der Waals surface area contributed by atoms with Crippen LogP contribution in [0.5, 0.6) is 0 Å². The van der Waals surface area contributed by atoms with Crippen molar-refractivity contribution in [2.24, 2.45) is 0 Å². The zero-order valence-corrected chi connectivity index (χ0v) is 11.4. The van der Waals surface area contributed by atoms with Crippen molar-refractivity contribution in [3.63, 3.8) is 0 Å². The highest BCUT2D eigenvalue weighted by molar-refractivity contribution is 6.04. The smallest absolute Gasteiger partial charge is 0.322 e. The second-order valence-electron chi connectivity index (χ2n) is 4.10. The van der Waals surface area contributed by atoms with Crippen molar-refractivity contribution >= 4 is 23.3 Å². The molecule has 0 radical (unpaired) electrons. The summed E-state index contributed by atoms with van der Waals surface area (Å²) in [5, 5.41) is 23.4. The van der Waals surface area contributed by atoms with E-state index >= 15 is 0 Å². The fourth-order valence-electron chi connectivity index (χ4n) is 1.68. The van der Waals surface area contributed by atoms with Crippen LogP contribution in [-0.4, -0.2) is 27.6 Å². The number of nitrogens with one attached hydrogen (secondary N) is 2. The van der Waals surface area contributed by atoms with Gasteiger partial charge in [-0.15, -0.1) is 5.10 Å². The summed E-state index contributed by atoms with van der Waals surface area (Å²) in [6, 6.07) is 4.00. The maximum Gasteiger partial charge on any atom is 0.322 e. The summed E-state index contributed by atoms with van der Waals surface area (Å²) >= 11 is 0. The van der Waals surface area contributed by atoms with Crippen LogP contribution in [0, 0.1) is 17.0 Å². The third-order valence-electron chi connectivity index (χ3n) is 2.57. The van der Waals surface area contributed by atoms with Crippen LogP contribution in [0.15, 0.2) is 22.6 Å². The van der Waals surface area contributed by atoms with Gasteiger partial charge >= 0.3 is 6.01 Å². The number of hydrogen-bond acceptors (Lipinski definition) is 7. The summed E-state index contributed by atoms with van der Waals surface area (Å²) in [5.41, 5.74) is 0.422. The van der Waals surface area contributed by atoms with Crippen LogP contribution in [0.1, 0.15) is 23.2 Å². The van der Waals surface area contributed by atoms with Gasteiger partial charge in [0.25, 0.3) is 11.6 Å². The van der Waals surface area contributed by atoms with Crippen molar-refractivity contribution in [1.29, 1.82) is 0 Å². The van der Waals surface area contributed by atoms with E-state index in [1.54, 1.807) is 13.8 Å². The second-order valence-corrected chi connectivity index (χ2v) is 4.10. The molecule has 9 nitrogen and oxygen atoms in total. The Balaban J connectivity index is 2.24. The van der Waals surface area contributed by atoms with Crippen molar-refractivity contribution in [2.75, 3.05) is 17.2 Å². The highest BCUT2D eigenvalue weighted by Crippen LogP contribution is 2.25. The van der Waals surface area contributed by atoms with Crippen LogP contribution in [0.25, 0.3) is 0 Å². The summed E-state index contributed by atoms with van der Waals surface area (Å²) in [5.74, 6) is -0.171. The Kier molecular flexibility index (Phi) is 4.12. The van der Waals surface area contributed by atoms with Crippen LogP contribution in [0.3, 0.4) is 0 Å². The zero-order chi connectivity index (χ0) is 15.4. The number of rotatable bonds is 5. The summed E-state index contributed by atoms with van der Waals surface area (Å²) in [6.45, 7) is 3.89. The molecule has 2 rings (SSSR count). The molecule has 1 amide bonds. The van der Waals surface area contributed by atoms with Gasteiger partial charge in [0, 0.05) is 25.1 Å². The Morgan fingerprint density at radius 2 is 2.19 bits per heavy atom. The number of carbonyl (C=O) groups excluding carboxylic acids is 1. The van der Waals surface area contributed by atoms with Gasteiger partial charge in [-0.25, -0.2) is 0 Å². The Hall–Kier alpha value is -2.97. The zero-order valence-electron chi connectivity index (χ0n) is 11.4. The number of benzene rings is 1. The van der Waals surface area contributed by atoms with Crippen molar-refractivity contribution in [3.8, 4) is 0 Å². The Morgan fingerprint density at radius 3 is 2.76 bits per heavy atom. The summed E-state index contributed by atoms with van der Waals surface area (Å²) < 4.78 is 5.04. The summed E-state index contributed by atoms with van der Waals surface area (Å²) in [7, 11) is 0. The van der Waals surface area contributed by atoms with Crippen LogP contribution >= 0.6 is 0 Å². The molecule has 2 aromatic rings. The van der Waals surface area contributed by atoms with E-state index in [0.29, 0.717) is 12.4 Å². The van der Waals surface area contributed by atoms with Gasteiger partial charge in [0.2, 0.25) is 5.89 Å². The lowest BCUT2D eigenvalue weighted by Gasteiger charge is -2.07. The largest absolute Gasteiger partial charge is 0.408 e. The highest BCUT2D eigenvalue weighted by atomic mass is 16.6. The van der Waals surface area contributed by atoms with Crippen LogP contribution in [0.4, 0.5) is 17.4 Å². The number of anilines is 2. The molecule has 1 heterocycles. The number of carbonyl (C=O) groups is 1. The first-order valence-electron chi connectivity index (χ1n) is 6.15. The molecule has 0 unspecified atom stereocenters. The number of nitro benzene ring substituents is 1. The van der Waals surface area contributed by atoms with E-state index in [0.717, 1.165) is 0 Å². The first-order valence-corrected chi connectivity index (χ1v) is 6.15. The van der Waals surface area contributed by atoms with Crippen molar-refractivity contribution in [1.82, 2.24) is 10.2 Å². The van der Waals surface area contributed by atoms with Gasteiger partial charge in [-0.3, -0.25) is 20.2 Å². The Bertz CT molecular complexity index is 682. The lowest BCUT2D eigenvalue weighted by Crippen LogP contribution is -2.13. The molecule has 21 heavy (non-hydrogen) atoms. The molecule has 0 atom stereocenters. The number of nitrogens with zero attached hydrogens (tertiary/aromatic N) is 3. The number of aryl methyl sites for hydroxylation is 1. The number of aromatic nitrogens is 2. The molecule has 0 saturated carbocycles. The first kappa shape index (κ1) is 14.4. The fourth-order valence-corrected chi connectivity index (χ4v) is 1.68. The second kappa shape index (κ2) is 5.99. The van der Waals surface area contributed by atoms with E-state index < -0.39 is 10.8 Å². The maximum absolute atomic E-state index is 12.0. The summed E-state index contributed by atoms with van der Waals surface area (Å²) in [6.07, 6.45) is 0. The molecule has 9 heteroatoms. The predicted molar refractivity (Wildman–Crippen MR) is 74.2 cm³/mol. The molecule has 0 spiro atoms. The SMILES string of the molecule is CCNc1cc(C(=O)Nc2nnc(C)o2)ccc1[N+](=O)[O-]. The monoisotopic (exact) mass is 291 g/mol. The van der Waals surface area contributed by atoms with E-state index in [4.69, 9.17) is 4.42 Å². The van der Waals surface area contributed by atoms with Gasteiger partial charge in [-0.1, -0.05) is 5.10 Å². The molecule has 0 saturated heterocycles. The summed E-state index contributed by atoms with van der Waals surface area (Å²) in [4.78, 5) is 22.4. The lowest BCUT2D eigenvalue weighted by atomic mass is 10.1. The minimum Gasteiger partial charge on any atom is -0.408 e. The van der Waals surface area contributed by atoms with E-state index in [1.807, 2.05) is 0 Å². The molecule has 0 fully saturated rings. The Morgan fingerprint density at radius 1 is 1.43 bits per heavy atom. The molecular weight excluding hydrogens is 278 g/mol. The van der Waals surface area contributed by atoms with Gasteiger partial charge in [-0.2, -0.15) is 0 Å². The molecule has 0 aliphatic carbocycles. The van der Waals surface area contributed by atoms with Gasteiger partial charge in [0.15, 0.2) is 0 Å². The van der Waals surface area contributed by atoms with E-state index in [2.05, 4.69) is 20.8 Å². The molecular formula is C12H13N5O4. The van der Waals surface area contributed by atoms with Gasteiger partial charge in [-0.05, 0) is 19.1 Å². The van der Waals surface area contributed by atoms with Crippen LogP contribution < -0.4 is 10.6 Å². The quantitative estimate of drug-likeness (QED) is 0.637. The third-order valence-corrected chi connectivity index (χ3v) is 2.57. The predicted octanol–water partition coefficient (Wildman–Crippen LogP) is 1.97. The fraction of sp³-hybridized carbons (Fsp3) is 0.250. The van der Waals surface area contributed by atoms with Gasteiger partial charge in [0.05, 0.1) is 4.92 Å². The average molecular weight is 291 g/mol. The standard InChI is InChI=1S/C12H13N5O4/c1-3-13-9-6-8(4-5-10(9)17(19)20)11(18)14-12-16-15-7(2)21-12/h4-6,13H,3H2,1-2H3,(H,14,16,18). The molecule has 0 aliphatic rings. The topological polar surface area (TPSA) is 123 Å². The van der Waals surface area contributed by atoms with Crippen LogP contribution in [-0.2, 0) is 0 Å². The van der Waals surface area contributed by atoms with E-state index in [-0.39, 0.29) is 23.0 Å². The number of amides is 1. The molecule has 2 N–H and O–H groups in total. The molecule has 110 valence electrons. The normalized spacial score (nSPS) is 10.2. The lowest BCUT2D eigenvalue weighted by molar-refractivity contribution is -0.384. The van der Waals surface area contributed by atoms with Gasteiger partial charge < -0.3 is 9.73 Å². The molecule has 0 bridgehead atoms. The van der Waals surface area contributed by atoms with Crippen molar-refractivity contribution in [2.45, 2.75) is 13.8 Å². The van der Waals surface area contributed by atoms with Crippen LogP contribution in [0.2, 0.25) is 0 Å². The molecule has 1 aromatic carbocycles. The average Bonchev–Trinajstić information content (AvgIpc) is 2.84. The van der Waals surface area contributed by atoms with E-state index in [1.165, 1.54) is 18.2 Å². The highest BCUT2D eigenvalue weighted by Gasteiger charge is 2.17. The maximum atomic E-state index is 12.0. The minimum atomic E-state index is -0.513. The Labute approximate surface area is 119 Å². The third kappa shape index (κ3) is 3.32. The molecule has 0 aliphatic heterocycles. The number of hydrogen-bond donors (Lipinski definition) is 2. The number of nitro groups is 1.